The first-order valence-corrected chi connectivity index (χ1v) is 7.05. The van der Waals surface area contributed by atoms with Crippen LogP contribution in [0.25, 0.3) is 0 Å². The van der Waals surface area contributed by atoms with Gasteiger partial charge in [-0.25, -0.2) is 0 Å². The van der Waals surface area contributed by atoms with Gasteiger partial charge in [-0.2, -0.15) is 5.10 Å². The summed E-state index contributed by atoms with van der Waals surface area (Å²) in [7, 11) is 0. The van der Waals surface area contributed by atoms with Gasteiger partial charge in [0.25, 0.3) is 5.91 Å². The van der Waals surface area contributed by atoms with Gasteiger partial charge in [0, 0.05) is 23.5 Å². The van der Waals surface area contributed by atoms with Crippen molar-refractivity contribution in [3.8, 4) is 0 Å². The predicted octanol–water partition coefficient (Wildman–Crippen LogP) is 1.24. The fourth-order valence-electron chi connectivity index (χ4n) is 2.25. The molecule has 0 atom stereocenters. The van der Waals surface area contributed by atoms with E-state index in [1.165, 1.54) is 0 Å². The molecule has 5 nitrogen and oxygen atoms in total. The van der Waals surface area contributed by atoms with Crippen molar-refractivity contribution in [1.29, 1.82) is 0 Å². The van der Waals surface area contributed by atoms with Crippen LogP contribution in [0, 0.1) is 19.3 Å². The SMILES string of the molecule is Cc1nn(CCCl)c(C)c1C(=O)NCC1(CO)CC1. The fraction of sp³-hybridized carbons (Fsp3) is 0.692. The largest absolute Gasteiger partial charge is 0.396 e. The summed E-state index contributed by atoms with van der Waals surface area (Å²) in [5, 5.41) is 16.5. The van der Waals surface area contributed by atoms with Crippen LogP contribution in [0.5, 0.6) is 0 Å². The zero-order chi connectivity index (χ0) is 14.0. The lowest BCUT2D eigenvalue weighted by molar-refractivity contribution is 0.0934. The summed E-state index contributed by atoms with van der Waals surface area (Å²) in [6.45, 7) is 4.96. The summed E-state index contributed by atoms with van der Waals surface area (Å²) in [6, 6.07) is 0. The topological polar surface area (TPSA) is 67.2 Å². The molecule has 0 spiro atoms. The Kier molecular flexibility index (Phi) is 4.16. The van der Waals surface area contributed by atoms with Crippen LogP contribution in [0.1, 0.15) is 34.6 Å². The number of amides is 1. The highest BCUT2D eigenvalue weighted by Crippen LogP contribution is 2.44. The molecule has 1 aromatic heterocycles. The number of halogens is 1. The molecule has 1 heterocycles. The van der Waals surface area contributed by atoms with E-state index in [2.05, 4.69) is 10.4 Å². The molecule has 0 radical (unpaired) electrons. The Morgan fingerprint density at radius 3 is 2.74 bits per heavy atom. The molecule has 1 saturated carbocycles. The normalized spacial score (nSPS) is 16.4. The van der Waals surface area contributed by atoms with Crippen molar-refractivity contribution in [1.82, 2.24) is 15.1 Å². The van der Waals surface area contributed by atoms with Gasteiger partial charge in [-0.15, -0.1) is 11.6 Å². The third kappa shape index (κ3) is 2.92. The zero-order valence-electron chi connectivity index (χ0n) is 11.4. The maximum atomic E-state index is 12.2. The Morgan fingerprint density at radius 1 is 1.53 bits per heavy atom. The summed E-state index contributed by atoms with van der Waals surface area (Å²) < 4.78 is 1.76. The second kappa shape index (κ2) is 5.51. The van der Waals surface area contributed by atoms with Gasteiger partial charge in [0.2, 0.25) is 0 Å². The van der Waals surface area contributed by atoms with Crippen LogP contribution in [-0.2, 0) is 6.54 Å². The van der Waals surface area contributed by atoms with E-state index in [1.807, 2.05) is 13.8 Å². The van der Waals surface area contributed by atoms with Crippen molar-refractivity contribution in [2.75, 3.05) is 19.0 Å². The minimum absolute atomic E-state index is 0.0798. The quantitative estimate of drug-likeness (QED) is 0.773. The van der Waals surface area contributed by atoms with E-state index in [-0.39, 0.29) is 17.9 Å². The lowest BCUT2D eigenvalue weighted by Gasteiger charge is -2.12. The smallest absolute Gasteiger partial charge is 0.255 e. The van der Waals surface area contributed by atoms with Gasteiger partial charge in [0.15, 0.2) is 0 Å². The van der Waals surface area contributed by atoms with Crippen LogP contribution in [-0.4, -0.2) is 39.8 Å². The molecular formula is C13H20ClN3O2. The van der Waals surface area contributed by atoms with Gasteiger partial charge in [-0.05, 0) is 26.7 Å². The predicted molar refractivity (Wildman–Crippen MR) is 73.5 cm³/mol. The standard InChI is InChI=1S/C13H20ClN3O2/c1-9-11(10(2)17(16-9)6-5-14)12(19)15-7-13(8-18)3-4-13/h18H,3-8H2,1-2H3,(H,15,19). The van der Waals surface area contributed by atoms with Crippen LogP contribution in [0.4, 0.5) is 0 Å². The van der Waals surface area contributed by atoms with Gasteiger partial charge in [0.05, 0.1) is 24.4 Å². The molecule has 1 aliphatic carbocycles. The number of hydrogen-bond donors (Lipinski definition) is 2. The van der Waals surface area contributed by atoms with Crippen LogP contribution in [0.3, 0.4) is 0 Å². The van der Waals surface area contributed by atoms with Gasteiger partial charge in [0.1, 0.15) is 0 Å². The number of aromatic nitrogens is 2. The number of hydrogen-bond acceptors (Lipinski definition) is 3. The molecule has 0 saturated heterocycles. The Hall–Kier alpha value is -1.07. The van der Waals surface area contributed by atoms with E-state index in [0.717, 1.165) is 18.5 Å². The number of rotatable bonds is 6. The molecule has 2 rings (SSSR count). The molecule has 0 bridgehead atoms. The first kappa shape index (κ1) is 14.3. The van der Waals surface area contributed by atoms with E-state index in [1.54, 1.807) is 4.68 Å². The molecule has 1 aliphatic rings. The number of aliphatic hydroxyl groups is 1. The second-order valence-electron chi connectivity index (χ2n) is 5.30. The number of nitrogens with zero attached hydrogens (tertiary/aromatic N) is 2. The van der Waals surface area contributed by atoms with Gasteiger partial charge in [-0.1, -0.05) is 0 Å². The van der Waals surface area contributed by atoms with Crippen molar-refractivity contribution in [3.05, 3.63) is 17.0 Å². The number of carbonyl (C=O) groups excluding carboxylic acids is 1. The van der Waals surface area contributed by atoms with Crippen molar-refractivity contribution >= 4 is 17.5 Å². The van der Waals surface area contributed by atoms with Crippen LogP contribution in [0.15, 0.2) is 0 Å². The minimum Gasteiger partial charge on any atom is -0.396 e. The molecule has 6 heteroatoms. The molecule has 2 N–H and O–H groups in total. The van der Waals surface area contributed by atoms with E-state index >= 15 is 0 Å². The first-order chi connectivity index (χ1) is 9.03. The third-order valence-electron chi connectivity index (χ3n) is 3.82. The highest BCUT2D eigenvalue weighted by molar-refractivity contribution is 6.17. The molecule has 1 fully saturated rings. The molecule has 106 valence electrons. The summed E-state index contributed by atoms with van der Waals surface area (Å²) in [5.74, 6) is 0.354. The number of aliphatic hydroxyl groups excluding tert-OH is 1. The monoisotopic (exact) mass is 285 g/mol. The van der Waals surface area contributed by atoms with Crippen molar-refractivity contribution in [3.63, 3.8) is 0 Å². The molecule has 0 aliphatic heterocycles. The highest BCUT2D eigenvalue weighted by atomic mass is 35.5. The van der Waals surface area contributed by atoms with Crippen molar-refractivity contribution in [2.45, 2.75) is 33.2 Å². The summed E-state index contributed by atoms with van der Waals surface area (Å²) in [5.41, 5.74) is 2.10. The number of aryl methyl sites for hydroxylation is 2. The van der Waals surface area contributed by atoms with Crippen molar-refractivity contribution < 1.29 is 9.90 Å². The lowest BCUT2D eigenvalue weighted by atomic mass is 10.1. The molecule has 19 heavy (non-hydrogen) atoms. The second-order valence-corrected chi connectivity index (χ2v) is 5.68. The van der Waals surface area contributed by atoms with Crippen LogP contribution in [0.2, 0.25) is 0 Å². The Morgan fingerprint density at radius 2 is 2.21 bits per heavy atom. The first-order valence-electron chi connectivity index (χ1n) is 6.52. The minimum atomic E-state index is -0.115. The average molecular weight is 286 g/mol. The Labute approximate surface area is 117 Å². The number of alkyl halides is 1. The van der Waals surface area contributed by atoms with Gasteiger partial charge < -0.3 is 10.4 Å². The zero-order valence-corrected chi connectivity index (χ0v) is 12.1. The molecule has 0 unspecified atom stereocenters. The molecule has 1 amide bonds. The number of nitrogens with one attached hydrogen (secondary N) is 1. The van der Waals surface area contributed by atoms with Gasteiger partial charge in [-0.3, -0.25) is 9.48 Å². The van der Waals surface area contributed by atoms with E-state index in [0.29, 0.717) is 30.2 Å². The Bertz CT molecular complexity index is 480. The van der Waals surface area contributed by atoms with E-state index in [9.17, 15) is 9.90 Å². The molecular weight excluding hydrogens is 266 g/mol. The summed E-state index contributed by atoms with van der Waals surface area (Å²) >= 11 is 5.71. The maximum absolute atomic E-state index is 12.2. The Balaban J connectivity index is 2.06. The van der Waals surface area contributed by atoms with Gasteiger partial charge >= 0.3 is 0 Å². The van der Waals surface area contributed by atoms with Crippen LogP contribution < -0.4 is 5.32 Å². The number of carbonyl (C=O) groups is 1. The highest BCUT2D eigenvalue weighted by Gasteiger charge is 2.42. The third-order valence-corrected chi connectivity index (χ3v) is 3.99. The summed E-state index contributed by atoms with van der Waals surface area (Å²) in [6.07, 6.45) is 1.96. The average Bonchev–Trinajstić information content (AvgIpc) is 3.11. The summed E-state index contributed by atoms with van der Waals surface area (Å²) in [4.78, 5) is 12.2. The molecule has 0 aromatic carbocycles. The fourth-order valence-corrected chi connectivity index (χ4v) is 2.41. The van der Waals surface area contributed by atoms with Crippen molar-refractivity contribution in [2.24, 2.45) is 5.41 Å². The molecule has 1 aromatic rings. The lowest BCUT2D eigenvalue weighted by Crippen LogP contribution is -2.32. The van der Waals surface area contributed by atoms with E-state index < -0.39 is 0 Å². The van der Waals surface area contributed by atoms with E-state index in [4.69, 9.17) is 11.6 Å². The maximum Gasteiger partial charge on any atom is 0.255 e. The van der Waals surface area contributed by atoms with Crippen LogP contribution >= 0.6 is 11.6 Å².